The van der Waals surface area contributed by atoms with Gasteiger partial charge in [0, 0.05) is 6.42 Å². The van der Waals surface area contributed by atoms with Crippen LogP contribution in [0, 0.1) is 0 Å². The van der Waals surface area contributed by atoms with Crippen molar-refractivity contribution in [3.8, 4) is 5.75 Å². The highest BCUT2D eigenvalue weighted by Crippen LogP contribution is 2.22. The number of anilines is 1. The molecule has 0 fully saturated rings. The van der Waals surface area contributed by atoms with Crippen molar-refractivity contribution in [3.63, 3.8) is 0 Å². The Morgan fingerprint density at radius 2 is 2.11 bits per heavy atom. The number of carboxylic acid groups (broad SMARTS) is 1. The second-order valence-electron chi connectivity index (χ2n) is 4.01. The highest BCUT2D eigenvalue weighted by atomic mass is 16.5. The van der Waals surface area contributed by atoms with Gasteiger partial charge >= 0.3 is 5.97 Å². The van der Waals surface area contributed by atoms with Crippen molar-refractivity contribution in [1.82, 2.24) is 0 Å². The Labute approximate surface area is 111 Å². The normalized spacial score (nSPS) is 10.0. The molecule has 0 spiro atoms. The number of rotatable bonds is 7. The Balaban J connectivity index is 2.77. The van der Waals surface area contributed by atoms with Gasteiger partial charge in [-0.15, -0.1) is 0 Å². The molecule has 1 aromatic rings. The summed E-state index contributed by atoms with van der Waals surface area (Å²) in [5, 5.41) is 11.7. The van der Waals surface area contributed by atoms with E-state index in [0.717, 1.165) is 6.42 Å². The van der Waals surface area contributed by atoms with Gasteiger partial charge in [-0.3, -0.25) is 4.79 Å². The van der Waals surface area contributed by atoms with Crippen LogP contribution in [0.1, 0.15) is 29.6 Å². The van der Waals surface area contributed by atoms with Crippen LogP contribution in [-0.4, -0.2) is 30.6 Å². The van der Waals surface area contributed by atoms with Crippen LogP contribution < -0.4 is 15.8 Å². The van der Waals surface area contributed by atoms with E-state index < -0.39 is 5.97 Å². The monoisotopic (exact) mass is 266 g/mol. The summed E-state index contributed by atoms with van der Waals surface area (Å²) in [5.74, 6) is -0.907. The molecule has 0 aliphatic heterocycles. The molecule has 6 nitrogen and oxygen atoms in total. The van der Waals surface area contributed by atoms with Gasteiger partial charge in [0.25, 0.3) is 0 Å². The number of amides is 1. The first-order chi connectivity index (χ1) is 9.08. The zero-order valence-electron chi connectivity index (χ0n) is 10.8. The van der Waals surface area contributed by atoms with Crippen LogP contribution in [0.2, 0.25) is 0 Å². The molecule has 19 heavy (non-hydrogen) atoms. The third-order valence-electron chi connectivity index (χ3n) is 2.59. The van der Waals surface area contributed by atoms with Gasteiger partial charge in [0.2, 0.25) is 5.91 Å². The van der Waals surface area contributed by atoms with Crippen molar-refractivity contribution in [2.45, 2.75) is 19.3 Å². The fourth-order valence-electron chi connectivity index (χ4n) is 1.58. The second-order valence-corrected chi connectivity index (χ2v) is 4.01. The summed E-state index contributed by atoms with van der Waals surface area (Å²) in [6.45, 7) is 0.538. The standard InChI is InChI=1S/C13H18N2O4/c1-19-9-5-6-11(10(8-9)13(17)18)15-12(16)4-2-3-7-14/h5-6,8H,2-4,7,14H2,1H3,(H,15,16)(H,17,18). The minimum Gasteiger partial charge on any atom is -0.497 e. The molecule has 0 aliphatic rings. The number of carbonyl (C=O) groups excluding carboxylic acids is 1. The van der Waals surface area contributed by atoms with Crippen LogP contribution in [0.25, 0.3) is 0 Å². The molecule has 0 radical (unpaired) electrons. The van der Waals surface area contributed by atoms with Crippen LogP contribution in [0.4, 0.5) is 5.69 Å². The lowest BCUT2D eigenvalue weighted by Crippen LogP contribution is -2.15. The summed E-state index contributed by atoms with van der Waals surface area (Å²) >= 11 is 0. The minimum absolute atomic E-state index is 0.00604. The third-order valence-corrected chi connectivity index (χ3v) is 2.59. The average Bonchev–Trinajstić information content (AvgIpc) is 2.39. The zero-order valence-corrected chi connectivity index (χ0v) is 10.8. The van der Waals surface area contributed by atoms with E-state index in [1.165, 1.54) is 19.2 Å². The first-order valence-corrected chi connectivity index (χ1v) is 5.99. The number of unbranched alkanes of at least 4 members (excludes halogenated alkanes) is 1. The number of aromatic carboxylic acids is 1. The number of nitrogens with two attached hydrogens (primary N) is 1. The highest BCUT2D eigenvalue weighted by molar-refractivity contribution is 6.00. The topological polar surface area (TPSA) is 102 Å². The quantitative estimate of drug-likeness (QED) is 0.648. The predicted octanol–water partition coefficient (Wildman–Crippen LogP) is 1.46. The maximum absolute atomic E-state index is 11.6. The zero-order chi connectivity index (χ0) is 14.3. The fraction of sp³-hybridized carbons (Fsp3) is 0.385. The van der Waals surface area contributed by atoms with Gasteiger partial charge in [-0.1, -0.05) is 0 Å². The molecule has 0 atom stereocenters. The first kappa shape index (κ1) is 15.0. The first-order valence-electron chi connectivity index (χ1n) is 5.99. The Bertz CT molecular complexity index is 460. The van der Waals surface area contributed by atoms with Gasteiger partial charge < -0.3 is 20.9 Å². The van der Waals surface area contributed by atoms with Gasteiger partial charge in [0.05, 0.1) is 18.4 Å². The molecule has 0 saturated heterocycles. The third kappa shape index (κ3) is 4.59. The maximum atomic E-state index is 11.6. The minimum atomic E-state index is -1.11. The van der Waals surface area contributed by atoms with Crippen LogP contribution >= 0.6 is 0 Å². The molecule has 4 N–H and O–H groups in total. The molecular formula is C13H18N2O4. The fourth-order valence-corrected chi connectivity index (χ4v) is 1.58. The van der Waals surface area contributed by atoms with E-state index >= 15 is 0 Å². The molecule has 0 saturated carbocycles. The van der Waals surface area contributed by atoms with E-state index in [1.54, 1.807) is 6.07 Å². The molecule has 1 amide bonds. The van der Waals surface area contributed by atoms with Crippen LogP contribution in [0.15, 0.2) is 18.2 Å². The van der Waals surface area contributed by atoms with Crippen molar-refractivity contribution in [1.29, 1.82) is 0 Å². The summed E-state index contributed by atoms with van der Waals surface area (Å²) in [4.78, 5) is 22.7. The summed E-state index contributed by atoms with van der Waals surface area (Å²) in [7, 11) is 1.45. The number of methoxy groups -OCH3 is 1. The average molecular weight is 266 g/mol. The highest BCUT2D eigenvalue weighted by Gasteiger charge is 2.13. The van der Waals surface area contributed by atoms with Crippen molar-refractivity contribution in [2.24, 2.45) is 5.73 Å². The molecule has 0 bridgehead atoms. The summed E-state index contributed by atoms with van der Waals surface area (Å²) in [5.41, 5.74) is 5.62. The summed E-state index contributed by atoms with van der Waals surface area (Å²) in [6.07, 6.45) is 1.77. The number of hydrogen-bond acceptors (Lipinski definition) is 4. The number of ether oxygens (including phenoxy) is 1. The molecule has 1 aromatic carbocycles. The Kier molecular flexibility index (Phi) is 5.81. The van der Waals surface area contributed by atoms with Crippen LogP contribution in [0.3, 0.4) is 0 Å². The van der Waals surface area contributed by atoms with Gasteiger partial charge in [-0.2, -0.15) is 0 Å². The summed E-state index contributed by atoms with van der Waals surface area (Å²) in [6, 6.07) is 4.49. The molecule has 6 heteroatoms. The van der Waals surface area contributed by atoms with Crippen LogP contribution in [-0.2, 0) is 4.79 Å². The molecule has 0 unspecified atom stereocenters. The number of hydrogen-bond donors (Lipinski definition) is 3. The lowest BCUT2D eigenvalue weighted by Gasteiger charge is -2.10. The lowest BCUT2D eigenvalue weighted by atomic mass is 10.1. The number of benzene rings is 1. The predicted molar refractivity (Wildman–Crippen MR) is 71.5 cm³/mol. The van der Waals surface area contributed by atoms with E-state index in [-0.39, 0.29) is 17.2 Å². The van der Waals surface area contributed by atoms with Gasteiger partial charge in [0.1, 0.15) is 5.75 Å². The molecule has 0 aromatic heterocycles. The largest absolute Gasteiger partial charge is 0.497 e. The van der Waals surface area contributed by atoms with Crippen molar-refractivity contribution in [2.75, 3.05) is 19.0 Å². The summed E-state index contributed by atoms with van der Waals surface area (Å²) < 4.78 is 4.95. The van der Waals surface area contributed by atoms with E-state index in [9.17, 15) is 9.59 Å². The van der Waals surface area contributed by atoms with Crippen molar-refractivity contribution >= 4 is 17.6 Å². The van der Waals surface area contributed by atoms with Crippen molar-refractivity contribution < 1.29 is 19.4 Å². The van der Waals surface area contributed by atoms with E-state index in [4.69, 9.17) is 15.6 Å². The Morgan fingerprint density at radius 3 is 2.68 bits per heavy atom. The van der Waals surface area contributed by atoms with Gasteiger partial charge in [-0.05, 0) is 37.6 Å². The van der Waals surface area contributed by atoms with E-state index in [0.29, 0.717) is 25.1 Å². The Morgan fingerprint density at radius 1 is 1.37 bits per heavy atom. The second kappa shape index (κ2) is 7.38. The smallest absolute Gasteiger partial charge is 0.337 e. The van der Waals surface area contributed by atoms with Crippen molar-refractivity contribution in [3.05, 3.63) is 23.8 Å². The van der Waals surface area contributed by atoms with Gasteiger partial charge in [-0.25, -0.2) is 4.79 Å². The number of carbonyl (C=O) groups is 2. The van der Waals surface area contributed by atoms with Crippen LogP contribution in [0.5, 0.6) is 5.75 Å². The van der Waals surface area contributed by atoms with E-state index in [1.807, 2.05) is 0 Å². The molecular weight excluding hydrogens is 248 g/mol. The SMILES string of the molecule is COc1ccc(NC(=O)CCCCN)c(C(=O)O)c1. The maximum Gasteiger partial charge on any atom is 0.337 e. The molecule has 0 heterocycles. The lowest BCUT2D eigenvalue weighted by molar-refractivity contribution is -0.116. The Hall–Kier alpha value is -2.08. The van der Waals surface area contributed by atoms with E-state index in [2.05, 4.69) is 5.32 Å². The molecule has 1 rings (SSSR count). The molecule has 0 aliphatic carbocycles. The van der Waals surface area contributed by atoms with Gasteiger partial charge in [0.15, 0.2) is 0 Å². The molecule has 104 valence electrons. The number of nitrogens with one attached hydrogen (secondary N) is 1. The number of carboxylic acids is 1.